The van der Waals surface area contributed by atoms with Gasteiger partial charge in [-0.2, -0.15) is 0 Å². The van der Waals surface area contributed by atoms with E-state index in [9.17, 15) is 9.59 Å². The summed E-state index contributed by atoms with van der Waals surface area (Å²) in [5.74, 6) is -0.720. The second-order valence-corrected chi connectivity index (χ2v) is 6.77. The van der Waals surface area contributed by atoms with Gasteiger partial charge in [-0.15, -0.1) is 0 Å². The van der Waals surface area contributed by atoms with Crippen molar-refractivity contribution in [1.29, 1.82) is 0 Å². The summed E-state index contributed by atoms with van der Waals surface area (Å²) < 4.78 is 5.42. The summed E-state index contributed by atoms with van der Waals surface area (Å²) >= 11 is 0. The van der Waals surface area contributed by atoms with Crippen LogP contribution in [0, 0.1) is 0 Å². The fourth-order valence-electron chi connectivity index (χ4n) is 3.91. The first-order chi connectivity index (χ1) is 13.1. The Labute approximate surface area is 157 Å². The summed E-state index contributed by atoms with van der Waals surface area (Å²) in [4.78, 5) is 29.5. The van der Waals surface area contributed by atoms with E-state index >= 15 is 0 Å². The van der Waals surface area contributed by atoms with Crippen molar-refractivity contribution in [2.24, 2.45) is 0 Å². The molecule has 2 heterocycles. The van der Waals surface area contributed by atoms with Gasteiger partial charge in [0.1, 0.15) is 6.23 Å². The van der Waals surface area contributed by atoms with Crippen LogP contribution in [0.2, 0.25) is 0 Å². The molecule has 7 heteroatoms. The van der Waals surface area contributed by atoms with Gasteiger partial charge in [-0.3, -0.25) is 9.59 Å². The van der Waals surface area contributed by atoms with Gasteiger partial charge in [0, 0.05) is 53.8 Å². The summed E-state index contributed by atoms with van der Waals surface area (Å²) in [6, 6.07) is 9.37. The first-order valence-corrected chi connectivity index (χ1v) is 9.25. The Bertz CT molecular complexity index is 870. The third-order valence-corrected chi connectivity index (χ3v) is 5.19. The number of imide groups is 1. The average molecular weight is 369 g/mol. The maximum absolute atomic E-state index is 13.0. The monoisotopic (exact) mass is 369 g/mol. The van der Waals surface area contributed by atoms with Crippen LogP contribution < -0.4 is 10.2 Å². The molecule has 27 heavy (non-hydrogen) atoms. The molecule has 1 unspecified atom stereocenters. The van der Waals surface area contributed by atoms with Crippen LogP contribution in [0.3, 0.4) is 0 Å². The molecule has 1 atom stereocenters. The number of rotatable bonds is 5. The lowest BCUT2D eigenvalue weighted by Gasteiger charge is -2.34. The number of ether oxygens (including phenoxy) is 1. The number of aliphatic hydroxyl groups excluding tert-OH is 1. The maximum atomic E-state index is 13.0. The molecule has 0 radical (unpaired) electrons. The van der Waals surface area contributed by atoms with Crippen molar-refractivity contribution in [2.45, 2.75) is 13.2 Å². The van der Waals surface area contributed by atoms with Crippen molar-refractivity contribution in [3.05, 3.63) is 41.5 Å². The van der Waals surface area contributed by atoms with Gasteiger partial charge in [0.05, 0.1) is 13.2 Å². The zero-order chi connectivity index (χ0) is 19.0. The lowest BCUT2D eigenvalue weighted by atomic mass is 9.92. The quantitative estimate of drug-likeness (QED) is 0.771. The van der Waals surface area contributed by atoms with Crippen LogP contribution in [0.25, 0.3) is 10.8 Å². The molecule has 4 rings (SSSR count). The molecule has 1 fully saturated rings. The lowest BCUT2D eigenvalue weighted by Crippen LogP contribution is -2.47. The number of carbonyl (C=O) groups excluding carboxylic acids is 2. The largest absolute Gasteiger partial charge is 0.394 e. The highest BCUT2D eigenvalue weighted by Crippen LogP contribution is 2.36. The average Bonchev–Trinajstić information content (AvgIpc) is 2.70. The smallest absolute Gasteiger partial charge is 0.263 e. The van der Waals surface area contributed by atoms with E-state index in [1.54, 1.807) is 13.0 Å². The number of amides is 2. The zero-order valence-corrected chi connectivity index (χ0v) is 15.3. The Morgan fingerprint density at radius 3 is 2.52 bits per heavy atom. The fourth-order valence-corrected chi connectivity index (χ4v) is 3.91. The van der Waals surface area contributed by atoms with Gasteiger partial charge < -0.3 is 20.1 Å². The molecule has 0 saturated carbocycles. The van der Waals surface area contributed by atoms with E-state index in [0.29, 0.717) is 16.5 Å². The van der Waals surface area contributed by atoms with Gasteiger partial charge in [-0.05, 0) is 25.1 Å². The summed E-state index contributed by atoms with van der Waals surface area (Å²) in [6.45, 7) is 5.14. The number of piperazine rings is 1. The zero-order valence-electron chi connectivity index (χ0n) is 15.3. The van der Waals surface area contributed by atoms with Crippen molar-refractivity contribution < 1.29 is 19.4 Å². The highest BCUT2D eigenvalue weighted by molar-refractivity contribution is 6.26. The Morgan fingerprint density at radius 2 is 1.81 bits per heavy atom. The van der Waals surface area contributed by atoms with Crippen LogP contribution >= 0.6 is 0 Å². The first-order valence-electron chi connectivity index (χ1n) is 9.25. The normalized spacial score (nSPS) is 18.3. The van der Waals surface area contributed by atoms with E-state index in [4.69, 9.17) is 9.84 Å². The standard InChI is InChI=1S/C20H23N3O4/c1-13(27-12-11-24)23-19(25)15-4-2-3-14-17(22-9-7-21-8-10-22)6-5-16(18(14)15)20(23)26/h2-6,13,21,24H,7-12H2,1H3. The van der Waals surface area contributed by atoms with Crippen molar-refractivity contribution in [2.75, 3.05) is 44.3 Å². The molecule has 142 valence electrons. The minimum absolute atomic E-state index is 0.0667. The SMILES string of the molecule is CC(OCCO)N1C(=O)c2cccc3c(N4CCNCC4)ccc(c23)C1=O. The predicted molar refractivity (Wildman–Crippen MR) is 102 cm³/mol. The van der Waals surface area contributed by atoms with Gasteiger partial charge in [0.15, 0.2) is 0 Å². The molecule has 2 aliphatic heterocycles. The molecule has 2 amide bonds. The number of nitrogens with one attached hydrogen (secondary N) is 1. The number of benzene rings is 2. The van der Waals surface area contributed by atoms with Crippen molar-refractivity contribution in [3.8, 4) is 0 Å². The maximum Gasteiger partial charge on any atom is 0.263 e. The van der Waals surface area contributed by atoms with Crippen LogP contribution in [-0.2, 0) is 4.74 Å². The van der Waals surface area contributed by atoms with Crippen LogP contribution in [-0.4, -0.2) is 67.4 Å². The number of hydrogen-bond donors (Lipinski definition) is 2. The molecular weight excluding hydrogens is 346 g/mol. The van der Waals surface area contributed by atoms with Crippen LogP contribution in [0.5, 0.6) is 0 Å². The van der Waals surface area contributed by atoms with Crippen LogP contribution in [0.4, 0.5) is 5.69 Å². The molecule has 2 aliphatic rings. The van der Waals surface area contributed by atoms with E-state index in [0.717, 1.165) is 42.2 Å². The third-order valence-electron chi connectivity index (χ3n) is 5.19. The molecular formula is C20H23N3O4. The number of hydrogen-bond acceptors (Lipinski definition) is 6. The van der Waals surface area contributed by atoms with Gasteiger partial charge in [0.2, 0.25) is 0 Å². The minimum Gasteiger partial charge on any atom is -0.394 e. The van der Waals surface area contributed by atoms with Crippen LogP contribution in [0.1, 0.15) is 27.6 Å². The van der Waals surface area contributed by atoms with Gasteiger partial charge in [-0.25, -0.2) is 4.90 Å². The molecule has 2 aromatic carbocycles. The summed E-state index contributed by atoms with van der Waals surface area (Å²) in [5, 5.41) is 13.9. The molecule has 0 bridgehead atoms. The minimum atomic E-state index is -0.742. The Kier molecular flexibility index (Phi) is 4.82. The van der Waals surface area contributed by atoms with E-state index < -0.39 is 6.23 Å². The Hall–Kier alpha value is -2.48. The Balaban J connectivity index is 1.80. The van der Waals surface area contributed by atoms with Crippen molar-refractivity contribution in [3.63, 3.8) is 0 Å². The summed E-state index contributed by atoms with van der Waals surface area (Å²) in [7, 11) is 0. The molecule has 1 saturated heterocycles. The highest BCUT2D eigenvalue weighted by Gasteiger charge is 2.37. The molecule has 7 nitrogen and oxygen atoms in total. The predicted octanol–water partition coefficient (Wildman–Crippen LogP) is 1.20. The topological polar surface area (TPSA) is 82.1 Å². The third kappa shape index (κ3) is 2.97. The molecule has 0 aliphatic carbocycles. The number of carbonyl (C=O) groups is 2. The number of nitrogens with zero attached hydrogens (tertiary/aromatic N) is 2. The van der Waals surface area contributed by atoms with E-state index in [2.05, 4.69) is 10.2 Å². The van der Waals surface area contributed by atoms with Crippen molar-refractivity contribution >= 4 is 28.3 Å². The number of aliphatic hydroxyl groups is 1. The molecule has 2 aromatic rings. The van der Waals surface area contributed by atoms with E-state index in [1.807, 2.05) is 24.3 Å². The molecule has 0 aromatic heterocycles. The van der Waals surface area contributed by atoms with E-state index in [1.165, 1.54) is 0 Å². The number of anilines is 1. The molecule has 0 spiro atoms. The van der Waals surface area contributed by atoms with Crippen molar-refractivity contribution in [1.82, 2.24) is 10.2 Å². The van der Waals surface area contributed by atoms with Gasteiger partial charge >= 0.3 is 0 Å². The Morgan fingerprint density at radius 1 is 1.11 bits per heavy atom. The second-order valence-electron chi connectivity index (χ2n) is 6.77. The van der Waals surface area contributed by atoms with Crippen LogP contribution in [0.15, 0.2) is 30.3 Å². The summed E-state index contributed by atoms with van der Waals surface area (Å²) in [6.07, 6.45) is -0.742. The summed E-state index contributed by atoms with van der Waals surface area (Å²) in [5.41, 5.74) is 2.08. The first kappa shape index (κ1) is 17.9. The van der Waals surface area contributed by atoms with E-state index in [-0.39, 0.29) is 25.0 Å². The fraction of sp³-hybridized carbons (Fsp3) is 0.400. The highest BCUT2D eigenvalue weighted by atomic mass is 16.5. The molecule has 2 N–H and O–H groups in total. The lowest BCUT2D eigenvalue weighted by molar-refractivity contribution is -0.0357. The van der Waals surface area contributed by atoms with Gasteiger partial charge in [0.25, 0.3) is 11.8 Å². The second kappa shape index (κ2) is 7.26. The van der Waals surface area contributed by atoms with Gasteiger partial charge in [-0.1, -0.05) is 12.1 Å².